The first-order valence-corrected chi connectivity index (χ1v) is 8.10. The quantitative estimate of drug-likeness (QED) is 0.555. The van der Waals surface area contributed by atoms with Gasteiger partial charge in [0.1, 0.15) is 12.2 Å². The monoisotopic (exact) mass is 336 g/mol. The summed E-state index contributed by atoms with van der Waals surface area (Å²) in [5.41, 5.74) is -1.27. The molecule has 0 aromatic carbocycles. The van der Waals surface area contributed by atoms with Gasteiger partial charge < -0.3 is 34.6 Å². The van der Waals surface area contributed by atoms with Crippen LogP contribution in [0, 0.1) is 12.3 Å². The average molecular weight is 336 g/mol. The molecule has 5 atom stereocenters. The third-order valence-corrected chi connectivity index (χ3v) is 5.12. The van der Waals surface area contributed by atoms with Crippen molar-refractivity contribution in [2.45, 2.75) is 61.9 Å². The molecule has 4 aliphatic rings. The van der Waals surface area contributed by atoms with Gasteiger partial charge >= 0.3 is 0 Å². The number of amides is 1. The van der Waals surface area contributed by atoms with Gasteiger partial charge in [-0.1, -0.05) is 5.92 Å². The van der Waals surface area contributed by atoms with Gasteiger partial charge in [0.15, 0.2) is 12.0 Å². The molecule has 130 valence electrons. The maximum atomic E-state index is 11.4. The second-order valence-electron chi connectivity index (χ2n) is 6.55. The number of aliphatic hydroxyl groups excluding tert-OH is 2. The molecular weight excluding hydrogens is 316 g/mol. The number of nitrogens with one attached hydrogen (secondary N) is 1. The van der Waals surface area contributed by atoms with Gasteiger partial charge in [-0.3, -0.25) is 4.79 Å². The van der Waals surface area contributed by atoms with E-state index in [0.29, 0.717) is 0 Å². The first-order valence-electron chi connectivity index (χ1n) is 8.10. The van der Waals surface area contributed by atoms with E-state index in [4.69, 9.17) is 20.6 Å². The number of terminal acetylenes is 1. The third kappa shape index (κ3) is 2.10. The number of carbonyl (C=O) groups is 1. The van der Waals surface area contributed by atoms with Crippen molar-refractivity contribution in [3.8, 4) is 12.3 Å². The minimum Gasteiger partial charge on any atom is -0.394 e. The molecule has 2 saturated heterocycles. The summed E-state index contributed by atoms with van der Waals surface area (Å²) in [6, 6.07) is 0. The van der Waals surface area contributed by atoms with E-state index in [-0.39, 0.29) is 6.61 Å². The first kappa shape index (κ1) is 15.9. The third-order valence-electron chi connectivity index (χ3n) is 5.12. The van der Waals surface area contributed by atoms with Crippen LogP contribution in [0.4, 0.5) is 0 Å². The van der Waals surface area contributed by atoms with Crippen LogP contribution in [0.5, 0.6) is 0 Å². The van der Waals surface area contributed by atoms with Crippen molar-refractivity contribution in [1.82, 2.24) is 10.2 Å². The summed E-state index contributed by atoms with van der Waals surface area (Å²) in [7, 11) is 0. The number of hydrogen-bond acceptors (Lipinski definition) is 7. The largest absolute Gasteiger partial charge is 0.394 e. The number of rotatable bonds is 2. The van der Waals surface area contributed by atoms with E-state index in [1.807, 2.05) is 0 Å². The van der Waals surface area contributed by atoms with E-state index in [2.05, 4.69) is 11.2 Å². The zero-order valence-corrected chi connectivity index (χ0v) is 13.1. The molecule has 3 fully saturated rings. The number of aliphatic hydroxyl groups is 2. The second kappa shape index (κ2) is 5.44. The van der Waals surface area contributed by atoms with Gasteiger partial charge in [-0.05, 0) is 12.8 Å². The fourth-order valence-electron chi connectivity index (χ4n) is 4.03. The van der Waals surface area contributed by atoms with Gasteiger partial charge in [-0.15, -0.1) is 6.42 Å². The zero-order chi connectivity index (χ0) is 16.9. The van der Waals surface area contributed by atoms with Gasteiger partial charge in [0.2, 0.25) is 17.9 Å². The van der Waals surface area contributed by atoms with Crippen molar-refractivity contribution in [2.24, 2.45) is 0 Å². The van der Waals surface area contributed by atoms with Gasteiger partial charge in [0, 0.05) is 25.1 Å². The molecule has 4 rings (SSSR count). The van der Waals surface area contributed by atoms with Crippen molar-refractivity contribution in [2.75, 3.05) is 6.61 Å². The molecule has 1 unspecified atom stereocenters. The smallest absolute Gasteiger partial charge is 0.248 e. The molecule has 1 aliphatic carbocycles. The Labute approximate surface area is 139 Å². The molecular formula is C16H20N2O6. The van der Waals surface area contributed by atoms with Crippen molar-refractivity contribution < 1.29 is 29.2 Å². The molecule has 0 bridgehead atoms. The maximum absolute atomic E-state index is 11.4. The lowest BCUT2D eigenvalue weighted by molar-refractivity contribution is -0.241. The topological polar surface area (TPSA) is 100 Å². The van der Waals surface area contributed by atoms with Crippen molar-refractivity contribution in [3.05, 3.63) is 12.3 Å². The molecule has 1 spiro atoms. The standard InChI is InChI=1S/C16H20N2O6/c1-2-16-12(23-15(24-16)6-3-4-7-15)10(9-19)22-13(16)18-8-5-11(20)17-14(18)21/h1,5,8,10,12-14,19,21H,3-4,6-7,9H2,(H,17,20)/t10-,12-,13-,14?,16-/m1/s1. The Balaban J connectivity index is 1.71. The Morgan fingerprint density at radius 3 is 2.83 bits per heavy atom. The number of hydrogen-bond donors (Lipinski definition) is 3. The van der Waals surface area contributed by atoms with E-state index in [0.717, 1.165) is 25.7 Å². The maximum Gasteiger partial charge on any atom is 0.248 e. The van der Waals surface area contributed by atoms with Crippen LogP contribution in [0.25, 0.3) is 0 Å². The summed E-state index contributed by atoms with van der Waals surface area (Å²) in [5, 5.41) is 22.2. The summed E-state index contributed by atoms with van der Waals surface area (Å²) in [5.74, 6) is 1.47. The summed E-state index contributed by atoms with van der Waals surface area (Å²) in [6.07, 6.45) is 8.38. The van der Waals surface area contributed by atoms with E-state index in [1.54, 1.807) is 0 Å². The highest BCUT2D eigenvalue weighted by molar-refractivity contribution is 5.88. The molecule has 24 heavy (non-hydrogen) atoms. The molecule has 0 aromatic heterocycles. The molecule has 3 N–H and O–H groups in total. The highest BCUT2D eigenvalue weighted by atomic mass is 16.8. The average Bonchev–Trinajstić information content (AvgIpc) is 3.22. The van der Waals surface area contributed by atoms with Crippen LogP contribution in [-0.2, 0) is 19.0 Å². The molecule has 1 saturated carbocycles. The minimum absolute atomic E-state index is 0.288. The van der Waals surface area contributed by atoms with Crippen molar-refractivity contribution >= 4 is 5.91 Å². The Bertz CT molecular complexity index is 610. The van der Waals surface area contributed by atoms with Crippen LogP contribution < -0.4 is 5.32 Å². The molecule has 0 radical (unpaired) electrons. The first-order chi connectivity index (χ1) is 11.5. The Morgan fingerprint density at radius 1 is 1.46 bits per heavy atom. The predicted octanol–water partition coefficient (Wildman–Crippen LogP) is -1.02. The molecule has 8 heteroatoms. The molecule has 3 heterocycles. The fourth-order valence-corrected chi connectivity index (χ4v) is 4.03. The highest BCUT2D eigenvalue weighted by Gasteiger charge is 2.69. The van der Waals surface area contributed by atoms with E-state index >= 15 is 0 Å². The number of nitrogens with zero attached hydrogens (tertiary/aromatic N) is 1. The SMILES string of the molecule is C#C[C@@]12OC3(CCCC3)O[C@@H]1[C@@H](CO)O[C@H]2N1C=CC(=O)NC1O. The van der Waals surface area contributed by atoms with Crippen LogP contribution in [0.1, 0.15) is 25.7 Å². The lowest BCUT2D eigenvalue weighted by Crippen LogP contribution is -2.60. The predicted molar refractivity (Wildman–Crippen MR) is 79.6 cm³/mol. The van der Waals surface area contributed by atoms with Crippen molar-refractivity contribution in [3.63, 3.8) is 0 Å². The fraction of sp³-hybridized carbons (Fsp3) is 0.688. The summed E-state index contributed by atoms with van der Waals surface area (Å²) < 4.78 is 18.2. The lowest BCUT2D eigenvalue weighted by atomic mass is 9.94. The van der Waals surface area contributed by atoms with Crippen LogP contribution >= 0.6 is 0 Å². The van der Waals surface area contributed by atoms with Crippen LogP contribution in [0.2, 0.25) is 0 Å². The van der Waals surface area contributed by atoms with Gasteiger partial charge in [-0.25, -0.2) is 0 Å². The number of carbonyl (C=O) groups excluding carboxylic acids is 1. The summed E-state index contributed by atoms with van der Waals surface area (Å²) in [4.78, 5) is 12.8. The molecule has 0 aromatic rings. The Hall–Kier alpha value is -1.63. The molecule has 3 aliphatic heterocycles. The van der Waals surface area contributed by atoms with E-state index in [9.17, 15) is 15.0 Å². The second-order valence-corrected chi connectivity index (χ2v) is 6.55. The van der Waals surface area contributed by atoms with E-state index in [1.165, 1.54) is 17.2 Å². The normalized spacial score (nSPS) is 43.0. The lowest BCUT2D eigenvalue weighted by Gasteiger charge is -2.40. The summed E-state index contributed by atoms with van der Waals surface area (Å²) in [6.45, 7) is -0.288. The van der Waals surface area contributed by atoms with E-state index < -0.39 is 42.1 Å². The molecule has 1 amide bonds. The van der Waals surface area contributed by atoms with Gasteiger partial charge in [0.05, 0.1) is 6.61 Å². The highest BCUT2D eigenvalue weighted by Crippen LogP contribution is 2.53. The van der Waals surface area contributed by atoms with Crippen molar-refractivity contribution in [1.29, 1.82) is 0 Å². The van der Waals surface area contributed by atoms with Crippen LogP contribution in [0.3, 0.4) is 0 Å². The minimum atomic E-state index is -1.31. The van der Waals surface area contributed by atoms with Gasteiger partial charge in [0.25, 0.3) is 0 Å². The zero-order valence-electron chi connectivity index (χ0n) is 13.1. The number of fused-ring (bicyclic) bond motifs is 1. The summed E-state index contributed by atoms with van der Waals surface area (Å²) >= 11 is 0. The van der Waals surface area contributed by atoms with Crippen LogP contribution in [0.15, 0.2) is 12.3 Å². The Kier molecular flexibility index (Phi) is 3.60. The molecule has 8 nitrogen and oxygen atoms in total. The van der Waals surface area contributed by atoms with Gasteiger partial charge in [-0.2, -0.15) is 0 Å². The Morgan fingerprint density at radius 2 is 2.21 bits per heavy atom. The van der Waals surface area contributed by atoms with Crippen LogP contribution in [-0.4, -0.2) is 63.8 Å². The number of ether oxygens (including phenoxy) is 3.